The third-order valence-electron chi connectivity index (χ3n) is 1.88. The minimum atomic E-state index is -0.611. The number of hydrogen-bond acceptors (Lipinski definition) is 4. The Labute approximate surface area is 99.5 Å². The van der Waals surface area contributed by atoms with Crippen molar-refractivity contribution in [1.29, 1.82) is 0 Å². The van der Waals surface area contributed by atoms with Gasteiger partial charge in [-0.15, -0.1) is 0 Å². The molecule has 0 aliphatic carbocycles. The number of hydrogen-bond donors (Lipinski definition) is 0. The van der Waals surface area contributed by atoms with Crippen molar-refractivity contribution in [2.24, 2.45) is 0 Å². The van der Waals surface area contributed by atoms with E-state index in [2.05, 4.69) is 4.98 Å². The highest BCUT2D eigenvalue weighted by Gasteiger charge is 2.19. The molecule has 1 aromatic rings. The Morgan fingerprint density at radius 3 is 2.81 bits per heavy atom. The van der Waals surface area contributed by atoms with Crippen molar-refractivity contribution in [3.8, 4) is 5.75 Å². The number of halogens is 1. The molecule has 0 radical (unpaired) electrons. The predicted octanol–water partition coefficient (Wildman–Crippen LogP) is 2.46. The maximum Gasteiger partial charge on any atom is 0.347 e. The molecule has 0 amide bonds. The molecule has 0 fully saturated rings. The summed E-state index contributed by atoms with van der Waals surface area (Å²) in [6, 6.07) is 1.61. The Bertz CT molecular complexity index is 357. The first-order chi connectivity index (χ1) is 7.67. The Balaban J connectivity index is 2.66. The van der Waals surface area contributed by atoms with Gasteiger partial charge in [-0.1, -0.05) is 18.5 Å². The van der Waals surface area contributed by atoms with E-state index in [1.54, 1.807) is 13.0 Å². The summed E-state index contributed by atoms with van der Waals surface area (Å²) in [4.78, 5) is 15.3. The van der Waals surface area contributed by atoms with E-state index in [-0.39, 0.29) is 5.97 Å². The summed E-state index contributed by atoms with van der Waals surface area (Å²) in [7, 11) is 0. The quantitative estimate of drug-likeness (QED) is 0.746. The average Bonchev–Trinajstić information content (AvgIpc) is 2.26. The number of pyridine rings is 1. The molecule has 1 heterocycles. The normalized spacial score (nSPS) is 11.9. The van der Waals surface area contributed by atoms with Crippen LogP contribution in [0.3, 0.4) is 0 Å². The highest BCUT2D eigenvalue weighted by atomic mass is 35.5. The summed E-state index contributed by atoms with van der Waals surface area (Å²) in [5.74, 6) is 0.0948. The van der Waals surface area contributed by atoms with Crippen LogP contribution in [0.25, 0.3) is 0 Å². The SMILES string of the molecule is CCOC(=O)C(CC)Oc1cncc(Cl)c1. The highest BCUT2D eigenvalue weighted by Crippen LogP contribution is 2.17. The molecule has 88 valence electrons. The molecular formula is C11H14ClNO3. The van der Waals surface area contributed by atoms with E-state index in [4.69, 9.17) is 21.1 Å². The van der Waals surface area contributed by atoms with Gasteiger partial charge in [-0.05, 0) is 13.3 Å². The lowest BCUT2D eigenvalue weighted by Gasteiger charge is -2.15. The first-order valence-electron chi connectivity index (χ1n) is 5.11. The molecular weight excluding hydrogens is 230 g/mol. The van der Waals surface area contributed by atoms with Gasteiger partial charge in [-0.25, -0.2) is 4.79 Å². The van der Waals surface area contributed by atoms with Crippen molar-refractivity contribution in [1.82, 2.24) is 4.98 Å². The maximum absolute atomic E-state index is 11.5. The van der Waals surface area contributed by atoms with Gasteiger partial charge in [-0.2, -0.15) is 0 Å². The largest absolute Gasteiger partial charge is 0.477 e. The van der Waals surface area contributed by atoms with Crippen molar-refractivity contribution in [3.63, 3.8) is 0 Å². The maximum atomic E-state index is 11.5. The second kappa shape index (κ2) is 6.33. The zero-order chi connectivity index (χ0) is 12.0. The molecule has 1 unspecified atom stereocenters. The topological polar surface area (TPSA) is 48.4 Å². The molecule has 0 aromatic carbocycles. The molecule has 4 nitrogen and oxygen atoms in total. The van der Waals surface area contributed by atoms with E-state index in [0.717, 1.165) is 0 Å². The van der Waals surface area contributed by atoms with Crippen LogP contribution in [0.5, 0.6) is 5.75 Å². The Kier molecular flexibility index (Phi) is 5.05. The molecule has 16 heavy (non-hydrogen) atoms. The van der Waals surface area contributed by atoms with Crippen LogP contribution in [0.2, 0.25) is 5.02 Å². The van der Waals surface area contributed by atoms with Gasteiger partial charge in [0.1, 0.15) is 5.75 Å². The standard InChI is InChI=1S/C11H14ClNO3/c1-3-10(11(14)15-4-2)16-9-5-8(12)6-13-7-9/h5-7,10H,3-4H2,1-2H3. The van der Waals surface area contributed by atoms with Crippen molar-refractivity contribution >= 4 is 17.6 Å². The minimum absolute atomic E-state index is 0.340. The zero-order valence-corrected chi connectivity index (χ0v) is 10.0. The molecule has 1 aromatic heterocycles. The fourth-order valence-corrected chi connectivity index (χ4v) is 1.32. The van der Waals surface area contributed by atoms with Crippen LogP contribution in [0.1, 0.15) is 20.3 Å². The third-order valence-corrected chi connectivity index (χ3v) is 2.09. The molecule has 0 N–H and O–H groups in total. The van der Waals surface area contributed by atoms with Crippen LogP contribution >= 0.6 is 11.6 Å². The smallest absolute Gasteiger partial charge is 0.347 e. The van der Waals surface area contributed by atoms with Crippen molar-refractivity contribution in [2.75, 3.05) is 6.61 Å². The van der Waals surface area contributed by atoms with Crippen LogP contribution in [0, 0.1) is 0 Å². The number of nitrogens with zero attached hydrogens (tertiary/aromatic N) is 1. The second-order valence-electron chi connectivity index (χ2n) is 3.11. The molecule has 0 bridgehead atoms. The molecule has 1 atom stereocenters. The Morgan fingerprint density at radius 2 is 2.25 bits per heavy atom. The molecule has 1 rings (SSSR count). The Hall–Kier alpha value is -1.29. The van der Waals surface area contributed by atoms with E-state index < -0.39 is 6.10 Å². The second-order valence-corrected chi connectivity index (χ2v) is 3.54. The van der Waals surface area contributed by atoms with Crippen LogP contribution in [0.15, 0.2) is 18.5 Å². The number of ether oxygens (including phenoxy) is 2. The van der Waals surface area contributed by atoms with Gasteiger partial charge in [0.2, 0.25) is 0 Å². The number of rotatable bonds is 5. The van der Waals surface area contributed by atoms with E-state index in [0.29, 0.717) is 23.8 Å². The highest BCUT2D eigenvalue weighted by molar-refractivity contribution is 6.30. The van der Waals surface area contributed by atoms with Gasteiger partial charge in [-0.3, -0.25) is 4.98 Å². The van der Waals surface area contributed by atoms with E-state index >= 15 is 0 Å². The van der Waals surface area contributed by atoms with Crippen LogP contribution in [0.4, 0.5) is 0 Å². The van der Waals surface area contributed by atoms with Crippen molar-refractivity contribution < 1.29 is 14.3 Å². The fraction of sp³-hybridized carbons (Fsp3) is 0.455. The first kappa shape index (κ1) is 12.8. The van der Waals surface area contributed by atoms with Gasteiger partial charge in [0.05, 0.1) is 17.8 Å². The summed E-state index contributed by atoms with van der Waals surface area (Å²) >= 11 is 5.75. The molecule has 0 spiro atoms. The monoisotopic (exact) mass is 243 g/mol. The van der Waals surface area contributed by atoms with Crippen LogP contribution in [-0.4, -0.2) is 23.7 Å². The Morgan fingerprint density at radius 1 is 1.50 bits per heavy atom. The molecule has 0 saturated heterocycles. The number of carbonyl (C=O) groups is 1. The minimum Gasteiger partial charge on any atom is -0.477 e. The summed E-state index contributed by atoms with van der Waals surface area (Å²) in [5, 5.41) is 0.469. The predicted molar refractivity (Wildman–Crippen MR) is 60.6 cm³/mol. The lowest BCUT2D eigenvalue weighted by molar-refractivity contribution is -0.151. The van der Waals surface area contributed by atoms with E-state index in [1.807, 2.05) is 6.92 Å². The van der Waals surface area contributed by atoms with Gasteiger partial charge in [0, 0.05) is 12.3 Å². The molecule has 0 aliphatic heterocycles. The van der Waals surface area contributed by atoms with Crippen molar-refractivity contribution in [2.45, 2.75) is 26.4 Å². The van der Waals surface area contributed by atoms with E-state index in [1.165, 1.54) is 12.4 Å². The van der Waals surface area contributed by atoms with Gasteiger partial charge < -0.3 is 9.47 Å². The van der Waals surface area contributed by atoms with Crippen molar-refractivity contribution in [3.05, 3.63) is 23.5 Å². The summed E-state index contributed by atoms with van der Waals surface area (Å²) in [5.41, 5.74) is 0. The first-order valence-corrected chi connectivity index (χ1v) is 5.49. The summed E-state index contributed by atoms with van der Waals surface area (Å²) < 4.78 is 10.3. The fourth-order valence-electron chi connectivity index (χ4n) is 1.15. The van der Waals surface area contributed by atoms with Gasteiger partial charge >= 0.3 is 5.97 Å². The zero-order valence-electron chi connectivity index (χ0n) is 9.27. The van der Waals surface area contributed by atoms with Gasteiger partial charge in [0.15, 0.2) is 6.10 Å². The van der Waals surface area contributed by atoms with Crippen LogP contribution in [-0.2, 0) is 9.53 Å². The third kappa shape index (κ3) is 3.70. The summed E-state index contributed by atoms with van der Waals surface area (Å²) in [6.45, 7) is 3.94. The average molecular weight is 244 g/mol. The molecule has 5 heteroatoms. The number of esters is 1. The molecule has 0 aliphatic rings. The van der Waals surface area contributed by atoms with E-state index in [9.17, 15) is 4.79 Å². The van der Waals surface area contributed by atoms with Gasteiger partial charge in [0.25, 0.3) is 0 Å². The number of carbonyl (C=O) groups excluding carboxylic acids is 1. The lowest BCUT2D eigenvalue weighted by atomic mass is 10.3. The number of aromatic nitrogens is 1. The molecule has 0 saturated carbocycles. The lowest BCUT2D eigenvalue weighted by Crippen LogP contribution is -2.28. The van der Waals surface area contributed by atoms with Crippen LogP contribution < -0.4 is 4.74 Å². The summed E-state index contributed by atoms with van der Waals surface area (Å²) in [6.07, 6.45) is 2.93.